The van der Waals surface area contributed by atoms with Gasteiger partial charge in [-0.3, -0.25) is 14.5 Å². The molecule has 0 aromatic heterocycles. The lowest BCUT2D eigenvalue weighted by Gasteiger charge is -2.23. The summed E-state index contributed by atoms with van der Waals surface area (Å²) in [5, 5.41) is 2.64. The lowest BCUT2D eigenvalue weighted by molar-refractivity contribution is -0.120. The number of rotatable bonds is 7. The predicted molar refractivity (Wildman–Crippen MR) is 104 cm³/mol. The van der Waals surface area contributed by atoms with Gasteiger partial charge in [0.1, 0.15) is 18.0 Å². The van der Waals surface area contributed by atoms with E-state index in [1.807, 2.05) is 0 Å². The van der Waals surface area contributed by atoms with E-state index in [4.69, 9.17) is 14.2 Å². The number of carbonyl (C=O) groups is 3. The van der Waals surface area contributed by atoms with Crippen LogP contribution in [0, 0.1) is 0 Å². The van der Waals surface area contributed by atoms with Gasteiger partial charge in [-0.05, 0) is 24.3 Å². The Kier molecular flexibility index (Phi) is 6.97. The van der Waals surface area contributed by atoms with Crippen LogP contribution < -0.4 is 19.7 Å². The molecule has 0 unspecified atom stereocenters. The Labute approximate surface area is 163 Å². The van der Waals surface area contributed by atoms with Crippen molar-refractivity contribution in [2.75, 3.05) is 38.1 Å². The van der Waals surface area contributed by atoms with Crippen LogP contribution in [0.1, 0.15) is 17.3 Å². The van der Waals surface area contributed by atoms with Crippen LogP contribution in [0.4, 0.5) is 11.4 Å². The molecule has 0 saturated heterocycles. The second-order valence-electron chi connectivity index (χ2n) is 5.73. The van der Waals surface area contributed by atoms with Crippen LogP contribution in [0.25, 0.3) is 0 Å². The first-order chi connectivity index (χ1) is 13.4. The maximum atomic E-state index is 12.6. The highest BCUT2D eigenvalue weighted by molar-refractivity contribution is 6.05. The number of carbonyl (C=O) groups excluding carboxylic acids is 3. The van der Waals surface area contributed by atoms with Gasteiger partial charge in [-0.2, -0.15) is 0 Å². The van der Waals surface area contributed by atoms with Crippen molar-refractivity contribution in [2.24, 2.45) is 0 Å². The molecule has 0 aliphatic rings. The summed E-state index contributed by atoms with van der Waals surface area (Å²) in [5.41, 5.74) is 0.937. The molecule has 28 heavy (non-hydrogen) atoms. The zero-order valence-electron chi connectivity index (χ0n) is 16.1. The molecule has 148 valence electrons. The monoisotopic (exact) mass is 386 g/mol. The maximum absolute atomic E-state index is 12.6. The van der Waals surface area contributed by atoms with Crippen LogP contribution in [-0.4, -0.2) is 45.7 Å². The topological polar surface area (TPSA) is 94.2 Å². The van der Waals surface area contributed by atoms with Gasteiger partial charge in [0.2, 0.25) is 11.8 Å². The number of hydrogen-bond donors (Lipinski definition) is 1. The standard InChI is InChI=1S/C20H22N2O6/c1-13(23)22(17-10-9-14(26-2)11-18(17)27-3)12-19(24)21-16-8-6-5-7-15(16)20(25)28-4/h5-11H,12H2,1-4H3,(H,21,24). The molecular weight excluding hydrogens is 364 g/mol. The molecule has 0 spiro atoms. The molecule has 0 saturated carbocycles. The van der Waals surface area contributed by atoms with E-state index >= 15 is 0 Å². The van der Waals surface area contributed by atoms with Gasteiger partial charge in [0.15, 0.2) is 0 Å². The molecular formula is C20H22N2O6. The fourth-order valence-electron chi connectivity index (χ4n) is 2.59. The highest BCUT2D eigenvalue weighted by Crippen LogP contribution is 2.32. The SMILES string of the molecule is COC(=O)c1ccccc1NC(=O)CN(C(C)=O)c1ccc(OC)cc1OC. The van der Waals surface area contributed by atoms with E-state index in [1.54, 1.807) is 36.4 Å². The average molecular weight is 386 g/mol. The van der Waals surface area contributed by atoms with E-state index in [9.17, 15) is 14.4 Å². The van der Waals surface area contributed by atoms with Crippen molar-refractivity contribution in [1.29, 1.82) is 0 Å². The Morgan fingerprint density at radius 2 is 1.71 bits per heavy atom. The molecule has 2 aromatic rings. The van der Waals surface area contributed by atoms with Crippen molar-refractivity contribution in [3.63, 3.8) is 0 Å². The fourth-order valence-corrected chi connectivity index (χ4v) is 2.59. The molecule has 0 atom stereocenters. The summed E-state index contributed by atoms with van der Waals surface area (Å²) in [4.78, 5) is 37.8. The molecule has 2 rings (SSSR count). The zero-order chi connectivity index (χ0) is 20.7. The van der Waals surface area contributed by atoms with Gasteiger partial charge in [-0.25, -0.2) is 4.79 Å². The van der Waals surface area contributed by atoms with Crippen LogP contribution in [0.3, 0.4) is 0 Å². The second kappa shape index (κ2) is 9.40. The number of amides is 2. The Hall–Kier alpha value is -3.55. The first-order valence-corrected chi connectivity index (χ1v) is 8.38. The largest absolute Gasteiger partial charge is 0.497 e. The zero-order valence-corrected chi connectivity index (χ0v) is 16.1. The summed E-state index contributed by atoms with van der Waals surface area (Å²) in [6.45, 7) is 1.08. The van der Waals surface area contributed by atoms with Gasteiger partial charge in [0, 0.05) is 13.0 Å². The molecule has 2 aromatic carbocycles. The van der Waals surface area contributed by atoms with Crippen molar-refractivity contribution >= 4 is 29.2 Å². The van der Waals surface area contributed by atoms with Crippen molar-refractivity contribution in [2.45, 2.75) is 6.92 Å². The summed E-state index contributed by atoms with van der Waals surface area (Å²) in [5.74, 6) is -0.460. The summed E-state index contributed by atoms with van der Waals surface area (Å²) < 4.78 is 15.2. The lowest BCUT2D eigenvalue weighted by atomic mass is 10.1. The van der Waals surface area contributed by atoms with Crippen LogP contribution in [0.5, 0.6) is 11.5 Å². The molecule has 8 nitrogen and oxygen atoms in total. The number of esters is 1. The predicted octanol–water partition coefficient (Wildman–Crippen LogP) is 2.48. The van der Waals surface area contributed by atoms with E-state index < -0.39 is 11.9 Å². The lowest BCUT2D eigenvalue weighted by Crippen LogP contribution is -2.37. The molecule has 1 N–H and O–H groups in total. The van der Waals surface area contributed by atoms with Crippen LogP contribution in [0.2, 0.25) is 0 Å². The van der Waals surface area contributed by atoms with Gasteiger partial charge in [0.25, 0.3) is 0 Å². The first kappa shape index (κ1) is 20.8. The average Bonchev–Trinajstić information content (AvgIpc) is 2.71. The van der Waals surface area contributed by atoms with E-state index in [2.05, 4.69) is 5.32 Å². The molecule has 2 amide bonds. The first-order valence-electron chi connectivity index (χ1n) is 8.38. The van der Waals surface area contributed by atoms with Gasteiger partial charge < -0.3 is 19.5 Å². The van der Waals surface area contributed by atoms with Crippen molar-refractivity contribution in [1.82, 2.24) is 0 Å². The molecule has 0 aliphatic heterocycles. The molecule has 0 aliphatic carbocycles. The molecule has 8 heteroatoms. The number of nitrogens with one attached hydrogen (secondary N) is 1. The van der Waals surface area contributed by atoms with E-state index in [-0.39, 0.29) is 18.0 Å². The highest BCUT2D eigenvalue weighted by Gasteiger charge is 2.21. The molecule has 0 radical (unpaired) electrons. The molecule has 0 fully saturated rings. The fraction of sp³-hybridized carbons (Fsp3) is 0.250. The Bertz CT molecular complexity index is 881. The second-order valence-corrected chi connectivity index (χ2v) is 5.73. The third kappa shape index (κ3) is 4.79. The van der Waals surface area contributed by atoms with E-state index in [0.717, 1.165) is 0 Å². The number of benzene rings is 2. The van der Waals surface area contributed by atoms with Crippen molar-refractivity contribution in [3.8, 4) is 11.5 Å². The number of nitrogens with zero attached hydrogens (tertiary/aromatic N) is 1. The molecule has 0 bridgehead atoms. The third-order valence-electron chi connectivity index (χ3n) is 3.97. The number of methoxy groups -OCH3 is 3. The smallest absolute Gasteiger partial charge is 0.339 e. The minimum Gasteiger partial charge on any atom is -0.497 e. The Morgan fingerprint density at radius 3 is 2.32 bits per heavy atom. The molecule has 0 heterocycles. The van der Waals surface area contributed by atoms with Crippen molar-refractivity contribution < 1.29 is 28.6 Å². The van der Waals surface area contributed by atoms with E-state index in [0.29, 0.717) is 22.9 Å². The minimum atomic E-state index is -0.573. The normalized spacial score (nSPS) is 10.0. The van der Waals surface area contributed by atoms with Gasteiger partial charge in [-0.15, -0.1) is 0 Å². The van der Waals surface area contributed by atoms with Gasteiger partial charge in [0.05, 0.1) is 38.3 Å². The minimum absolute atomic E-state index is 0.217. The van der Waals surface area contributed by atoms with E-state index in [1.165, 1.54) is 39.2 Å². The third-order valence-corrected chi connectivity index (χ3v) is 3.97. The summed E-state index contributed by atoms with van der Waals surface area (Å²) >= 11 is 0. The quantitative estimate of drug-likeness (QED) is 0.735. The summed E-state index contributed by atoms with van der Waals surface area (Å²) in [6.07, 6.45) is 0. The van der Waals surface area contributed by atoms with Gasteiger partial charge in [-0.1, -0.05) is 12.1 Å². The summed E-state index contributed by atoms with van der Waals surface area (Å²) in [6, 6.07) is 11.4. The number of ether oxygens (including phenoxy) is 3. The van der Waals surface area contributed by atoms with Gasteiger partial charge >= 0.3 is 5.97 Å². The number of hydrogen-bond acceptors (Lipinski definition) is 6. The number of anilines is 2. The van der Waals surface area contributed by atoms with Crippen LogP contribution in [0.15, 0.2) is 42.5 Å². The summed E-state index contributed by atoms with van der Waals surface area (Å²) in [7, 11) is 4.24. The van der Waals surface area contributed by atoms with Crippen molar-refractivity contribution in [3.05, 3.63) is 48.0 Å². The Balaban J connectivity index is 2.26. The Morgan fingerprint density at radius 1 is 1.00 bits per heavy atom. The highest BCUT2D eigenvalue weighted by atomic mass is 16.5. The van der Waals surface area contributed by atoms with Crippen LogP contribution >= 0.6 is 0 Å². The number of para-hydroxylation sites is 1. The maximum Gasteiger partial charge on any atom is 0.339 e. The van der Waals surface area contributed by atoms with Crippen LogP contribution in [-0.2, 0) is 14.3 Å².